The standard InChI is InChI=1S/C25H38O5/c1-17-6-11-24-16-22(24,2)9-4-5-20(24)23(17,3)10-7-18-8-12-25(29,30-15-18)19(14-26)13-21(27)28/h8,14,17,19-20,29H,4-7,9-13,15-16H2,1-3H3,(H,27,28)/t17-,19-,20+,22-,23-,24-,25-/m0/s1. The summed E-state index contributed by atoms with van der Waals surface area (Å²) in [5.74, 6) is -2.32. The molecule has 2 N–H and O–H groups in total. The van der Waals surface area contributed by atoms with Crippen molar-refractivity contribution in [3.8, 4) is 0 Å². The van der Waals surface area contributed by atoms with Gasteiger partial charge in [-0.3, -0.25) is 4.79 Å². The minimum atomic E-state index is -1.70. The van der Waals surface area contributed by atoms with Crippen LogP contribution < -0.4 is 0 Å². The Morgan fingerprint density at radius 2 is 2.10 bits per heavy atom. The monoisotopic (exact) mass is 418 g/mol. The van der Waals surface area contributed by atoms with Crippen LogP contribution in [0.2, 0.25) is 0 Å². The Bertz CT molecular complexity index is 746. The molecule has 0 saturated heterocycles. The summed E-state index contributed by atoms with van der Waals surface area (Å²) in [7, 11) is 0. The molecule has 3 fully saturated rings. The molecule has 7 atom stereocenters. The number of carboxylic acids is 1. The van der Waals surface area contributed by atoms with Gasteiger partial charge in [-0.1, -0.05) is 33.3 Å². The topological polar surface area (TPSA) is 83.8 Å². The summed E-state index contributed by atoms with van der Waals surface area (Å²) in [5.41, 5.74) is 2.66. The van der Waals surface area contributed by atoms with Crippen molar-refractivity contribution in [2.75, 3.05) is 6.61 Å². The fourth-order valence-corrected chi connectivity index (χ4v) is 7.59. The van der Waals surface area contributed by atoms with E-state index in [4.69, 9.17) is 9.84 Å². The zero-order chi connectivity index (χ0) is 21.8. The van der Waals surface area contributed by atoms with Gasteiger partial charge in [-0.15, -0.1) is 0 Å². The number of hydrogen-bond donors (Lipinski definition) is 2. The van der Waals surface area contributed by atoms with Gasteiger partial charge in [0.05, 0.1) is 18.9 Å². The molecule has 0 amide bonds. The number of ether oxygens (including phenoxy) is 1. The third kappa shape index (κ3) is 3.37. The molecule has 0 bridgehead atoms. The first-order valence-electron chi connectivity index (χ1n) is 11.8. The van der Waals surface area contributed by atoms with Crippen molar-refractivity contribution in [2.45, 2.75) is 90.8 Å². The van der Waals surface area contributed by atoms with Crippen molar-refractivity contribution in [3.63, 3.8) is 0 Å². The third-order valence-corrected chi connectivity index (χ3v) is 9.93. The Hall–Kier alpha value is -1.20. The van der Waals surface area contributed by atoms with Crippen LogP contribution in [-0.4, -0.2) is 34.9 Å². The molecule has 0 aromatic carbocycles. The molecule has 5 heteroatoms. The van der Waals surface area contributed by atoms with E-state index in [9.17, 15) is 14.7 Å². The van der Waals surface area contributed by atoms with E-state index in [-0.39, 0.29) is 13.0 Å². The normalized spacial score (nSPS) is 46.2. The van der Waals surface area contributed by atoms with Crippen LogP contribution in [0.3, 0.4) is 0 Å². The maximum atomic E-state index is 11.3. The highest BCUT2D eigenvalue weighted by Gasteiger charge is 2.72. The van der Waals surface area contributed by atoms with Crippen molar-refractivity contribution < 1.29 is 24.5 Å². The van der Waals surface area contributed by atoms with Crippen LogP contribution in [0.25, 0.3) is 0 Å². The lowest BCUT2D eigenvalue weighted by Gasteiger charge is -2.55. The van der Waals surface area contributed by atoms with Crippen molar-refractivity contribution >= 4 is 12.3 Å². The molecule has 4 rings (SSSR count). The van der Waals surface area contributed by atoms with Crippen molar-refractivity contribution in [1.82, 2.24) is 0 Å². The highest BCUT2D eigenvalue weighted by Crippen LogP contribution is 2.80. The summed E-state index contributed by atoms with van der Waals surface area (Å²) in [6.07, 6.45) is 12.6. The highest BCUT2D eigenvalue weighted by molar-refractivity contribution is 5.72. The molecule has 3 aliphatic carbocycles. The van der Waals surface area contributed by atoms with Gasteiger partial charge in [0.1, 0.15) is 6.29 Å². The summed E-state index contributed by atoms with van der Waals surface area (Å²) in [4.78, 5) is 22.3. The van der Waals surface area contributed by atoms with Crippen LogP contribution in [0.1, 0.15) is 85.0 Å². The van der Waals surface area contributed by atoms with Gasteiger partial charge in [0.15, 0.2) is 5.79 Å². The number of aliphatic carboxylic acids is 1. The smallest absolute Gasteiger partial charge is 0.304 e. The molecule has 168 valence electrons. The van der Waals surface area contributed by atoms with E-state index < -0.39 is 24.1 Å². The zero-order valence-electron chi connectivity index (χ0n) is 18.8. The van der Waals surface area contributed by atoms with E-state index in [1.165, 1.54) is 44.1 Å². The Morgan fingerprint density at radius 1 is 1.33 bits per heavy atom. The summed E-state index contributed by atoms with van der Waals surface area (Å²) < 4.78 is 5.68. The van der Waals surface area contributed by atoms with Gasteiger partial charge in [0, 0.05) is 6.42 Å². The molecular formula is C25H38O5. The molecule has 30 heavy (non-hydrogen) atoms. The highest BCUT2D eigenvalue weighted by atomic mass is 16.6. The first-order chi connectivity index (χ1) is 14.1. The van der Waals surface area contributed by atoms with Gasteiger partial charge < -0.3 is 19.7 Å². The average Bonchev–Trinajstić information content (AvgIpc) is 3.34. The maximum Gasteiger partial charge on any atom is 0.304 e. The fourth-order valence-electron chi connectivity index (χ4n) is 7.59. The lowest BCUT2D eigenvalue weighted by Crippen LogP contribution is -2.47. The second-order valence-electron chi connectivity index (χ2n) is 11.3. The van der Waals surface area contributed by atoms with Crippen LogP contribution in [0.5, 0.6) is 0 Å². The van der Waals surface area contributed by atoms with Crippen LogP contribution in [0.4, 0.5) is 0 Å². The van der Waals surface area contributed by atoms with E-state index in [2.05, 4.69) is 20.8 Å². The Labute approximate surface area is 180 Å². The van der Waals surface area contributed by atoms with E-state index in [0.717, 1.165) is 18.8 Å². The van der Waals surface area contributed by atoms with Gasteiger partial charge in [-0.25, -0.2) is 0 Å². The zero-order valence-corrected chi connectivity index (χ0v) is 18.8. The Morgan fingerprint density at radius 3 is 2.73 bits per heavy atom. The molecule has 5 nitrogen and oxygen atoms in total. The summed E-state index contributed by atoms with van der Waals surface area (Å²) in [6.45, 7) is 7.75. The average molecular weight is 419 g/mol. The largest absolute Gasteiger partial charge is 0.481 e. The molecule has 0 aromatic heterocycles. The predicted molar refractivity (Wildman–Crippen MR) is 114 cm³/mol. The second kappa shape index (κ2) is 7.44. The van der Waals surface area contributed by atoms with Crippen molar-refractivity contribution in [1.29, 1.82) is 0 Å². The molecule has 1 heterocycles. The van der Waals surface area contributed by atoms with E-state index >= 15 is 0 Å². The molecule has 1 aliphatic heterocycles. The van der Waals surface area contributed by atoms with Gasteiger partial charge in [0.2, 0.25) is 0 Å². The maximum absolute atomic E-state index is 11.3. The van der Waals surface area contributed by atoms with E-state index in [1.54, 1.807) is 0 Å². The van der Waals surface area contributed by atoms with E-state index in [1.807, 2.05) is 6.08 Å². The quantitative estimate of drug-likeness (QED) is 0.461. The molecule has 0 radical (unpaired) electrons. The first kappa shape index (κ1) is 22.0. The van der Waals surface area contributed by atoms with Crippen LogP contribution >= 0.6 is 0 Å². The molecule has 0 unspecified atom stereocenters. The lowest BCUT2D eigenvalue weighted by molar-refractivity contribution is -0.230. The third-order valence-electron chi connectivity index (χ3n) is 9.93. The van der Waals surface area contributed by atoms with Gasteiger partial charge in [-0.2, -0.15) is 0 Å². The number of hydrogen-bond acceptors (Lipinski definition) is 4. The van der Waals surface area contributed by atoms with Gasteiger partial charge in [0.25, 0.3) is 0 Å². The van der Waals surface area contributed by atoms with E-state index in [0.29, 0.717) is 28.4 Å². The number of carbonyl (C=O) groups excluding carboxylic acids is 1. The molecular weight excluding hydrogens is 380 g/mol. The predicted octanol–water partition coefficient (Wildman–Crippen LogP) is 4.72. The fraction of sp³-hybridized carbons (Fsp3) is 0.840. The van der Waals surface area contributed by atoms with Crippen LogP contribution in [-0.2, 0) is 14.3 Å². The molecule has 1 spiro atoms. The number of aliphatic hydroxyl groups is 1. The summed E-state index contributed by atoms with van der Waals surface area (Å²) in [6, 6.07) is 0. The molecule has 3 saturated carbocycles. The van der Waals surface area contributed by atoms with Crippen LogP contribution in [0.15, 0.2) is 11.6 Å². The van der Waals surface area contributed by atoms with Crippen molar-refractivity contribution in [3.05, 3.63) is 11.6 Å². The number of carbonyl (C=O) groups is 2. The summed E-state index contributed by atoms with van der Waals surface area (Å²) in [5, 5.41) is 19.7. The number of aldehydes is 1. The minimum Gasteiger partial charge on any atom is -0.481 e. The van der Waals surface area contributed by atoms with Gasteiger partial charge >= 0.3 is 5.97 Å². The molecule has 0 aromatic rings. The minimum absolute atomic E-state index is 0.177. The summed E-state index contributed by atoms with van der Waals surface area (Å²) >= 11 is 0. The first-order valence-corrected chi connectivity index (χ1v) is 11.8. The van der Waals surface area contributed by atoms with Gasteiger partial charge in [-0.05, 0) is 78.6 Å². The number of rotatable bonds is 7. The second-order valence-corrected chi connectivity index (χ2v) is 11.3. The Kier molecular flexibility index (Phi) is 5.46. The lowest BCUT2D eigenvalue weighted by atomic mass is 9.50. The molecule has 4 aliphatic rings. The van der Waals surface area contributed by atoms with Crippen LogP contribution in [0, 0.1) is 34.0 Å². The number of carboxylic acid groups (broad SMARTS) is 1. The van der Waals surface area contributed by atoms with Crippen molar-refractivity contribution in [2.24, 2.45) is 34.0 Å². The Balaban J connectivity index is 1.42. The SMILES string of the molecule is C[C@H]1CC[C@@]23C[C@]2(C)CCC[C@@H]3[C@@]1(C)CCC1=CC[C@@](O)([C@H](C=O)CC(=O)O)OC1.